The van der Waals surface area contributed by atoms with E-state index < -0.39 is 0 Å². The SMILES string of the molecule is CC(C)OCCn1c(C2CCN(CCc3ccc(C(C)(C)C)cc3)CC2)nc2ccccc21. The number of ether oxygens (including phenoxy) is 1. The van der Waals surface area contributed by atoms with Crippen LogP contribution in [-0.4, -0.2) is 46.8 Å². The number of imidazole rings is 1. The van der Waals surface area contributed by atoms with Crippen molar-refractivity contribution in [3.8, 4) is 0 Å². The molecule has 0 unspecified atom stereocenters. The summed E-state index contributed by atoms with van der Waals surface area (Å²) in [6.45, 7) is 16.1. The quantitative estimate of drug-likeness (QED) is 0.413. The van der Waals surface area contributed by atoms with Crippen molar-refractivity contribution < 1.29 is 4.74 Å². The number of hydrogen-bond donors (Lipinski definition) is 0. The van der Waals surface area contributed by atoms with Crippen LogP contribution in [0, 0.1) is 0 Å². The number of hydrogen-bond acceptors (Lipinski definition) is 3. The fraction of sp³-hybridized carbons (Fsp3) is 0.552. The first kappa shape index (κ1) is 24.0. The van der Waals surface area contributed by atoms with Gasteiger partial charge in [-0.15, -0.1) is 0 Å². The average molecular weight is 448 g/mol. The van der Waals surface area contributed by atoms with E-state index in [9.17, 15) is 0 Å². The molecule has 0 bridgehead atoms. The van der Waals surface area contributed by atoms with Gasteiger partial charge in [-0.3, -0.25) is 0 Å². The lowest BCUT2D eigenvalue weighted by Crippen LogP contribution is -2.35. The minimum Gasteiger partial charge on any atom is -0.377 e. The number of piperidine rings is 1. The normalized spacial score (nSPS) is 16.2. The molecule has 178 valence electrons. The van der Waals surface area contributed by atoms with Gasteiger partial charge in [0.15, 0.2) is 0 Å². The Morgan fingerprint density at radius 3 is 2.33 bits per heavy atom. The van der Waals surface area contributed by atoms with E-state index in [-0.39, 0.29) is 11.5 Å². The van der Waals surface area contributed by atoms with Crippen LogP contribution in [0.5, 0.6) is 0 Å². The summed E-state index contributed by atoms with van der Waals surface area (Å²) in [6.07, 6.45) is 3.74. The molecule has 1 aliphatic rings. The van der Waals surface area contributed by atoms with Crippen LogP contribution in [0.4, 0.5) is 0 Å². The van der Waals surface area contributed by atoms with Gasteiger partial charge >= 0.3 is 0 Å². The smallest absolute Gasteiger partial charge is 0.113 e. The number of likely N-dealkylation sites (tertiary alicyclic amines) is 1. The van der Waals surface area contributed by atoms with Crippen molar-refractivity contribution in [2.75, 3.05) is 26.2 Å². The zero-order chi connectivity index (χ0) is 23.4. The van der Waals surface area contributed by atoms with Crippen LogP contribution in [0.1, 0.15) is 70.3 Å². The van der Waals surface area contributed by atoms with Gasteiger partial charge in [0.05, 0.1) is 23.7 Å². The summed E-state index contributed by atoms with van der Waals surface area (Å²) in [5.41, 5.74) is 5.42. The Balaban J connectivity index is 1.35. The Bertz CT molecular complexity index is 1020. The zero-order valence-electron chi connectivity index (χ0n) is 21.2. The van der Waals surface area contributed by atoms with Crippen molar-refractivity contribution in [1.29, 1.82) is 0 Å². The number of rotatable bonds is 8. The van der Waals surface area contributed by atoms with Gasteiger partial charge in [0.2, 0.25) is 0 Å². The van der Waals surface area contributed by atoms with Gasteiger partial charge in [-0.05, 0) is 74.9 Å². The Labute approximate surface area is 200 Å². The van der Waals surface area contributed by atoms with Crippen LogP contribution >= 0.6 is 0 Å². The van der Waals surface area contributed by atoms with Gasteiger partial charge in [-0.1, -0.05) is 57.2 Å². The second-order valence-electron chi connectivity index (χ2n) is 10.8. The molecule has 0 radical (unpaired) electrons. The van der Waals surface area contributed by atoms with Gasteiger partial charge in [0.25, 0.3) is 0 Å². The van der Waals surface area contributed by atoms with E-state index in [4.69, 9.17) is 9.72 Å². The largest absolute Gasteiger partial charge is 0.377 e. The first-order valence-corrected chi connectivity index (χ1v) is 12.7. The second-order valence-corrected chi connectivity index (χ2v) is 10.8. The molecule has 1 aliphatic heterocycles. The number of aromatic nitrogens is 2. The first-order chi connectivity index (χ1) is 15.8. The predicted octanol–water partition coefficient (Wildman–Crippen LogP) is 6.18. The zero-order valence-corrected chi connectivity index (χ0v) is 21.2. The van der Waals surface area contributed by atoms with E-state index in [1.165, 1.54) is 35.3 Å². The highest BCUT2D eigenvalue weighted by atomic mass is 16.5. The van der Waals surface area contributed by atoms with E-state index in [1.54, 1.807) is 0 Å². The van der Waals surface area contributed by atoms with E-state index in [0.29, 0.717) is 5.92 Å². The number of fused-ring (bicyclic) bond motifs is 1. The molecule has 3 aromatic rings. The molecule has 4 heteroatoms. The summed E-state index contributed by atoms with van der Waals surface area (Å²) in [5.74, 6) is 1.78. The summed E-state index contributed by atoms with van der Waals surface area (Å²) in [7, 11) is 0. The molecule has 4 rings (SSSR count). The molecule has 0 spiro atoms. The molecule has 0 atom stereocenters. The maximum atomic E-state index is 5.87. The predicted molar refractivity (Wildman–Crippen MR) is 138 cm³/mol. The summed E-state index contributed by atoms with van der Waals surface area (Å²) in [6, 6.07) is 17.8. The highest BCUT2D eigenvalue weighted by molar-refractivity contribution is 5.76. The molecule has 0 N–H and O–H groups in total. The third kappa shape index (κ3) is 6.04. The molecule has 4 nitrogen and oxygen atoms in total. The first-order valence-electron chi connectivity index (χ1n) is 12.7. The van der Waals surface area contributed by atoms with Crippen molar-refractivity contribution in [2.45, 2.75) is 77.9 Å². The molecule has 1 fully saturated rings. The van der Waals surface area contributed by atoms with Crippen LogP contribution in [0.15, 0.2) is 48.5 Å². The Morgan fingerprint density at radius 2 is 1.67 bits per heavy atom. The molecule has 0 amide bonds. The van der Waals surface area contributed by atoms with Crippen molar-refractivity contribution in [3.63, 3.8) is 0 Å². The molecule has 1 saturated heterocycles. The molecule has 1 aromatic heterocycles. The van der Waals surface area contributed by atoms with Gasteiger partial charge in [-0.25, -0.2) is 4.98 Å². The highest BCUT2D eigenvalue weighted by Crippen LogP contribution is 2.30. The number of benzene rings is 2. The van der Waals surface area contributed by atoms with Crippen LogP contribution in [0.25, 0.3) is 11.0 Å². The Kier molecular flexibility index (Phi) is 7.55. The van der Waals surface area contributed by atoms with Crippen LogP contribution < -0.4 is 0 Å². The maximum Gasteiger partial charge on any atom is 0.113 e. The van der Waals surface area contributed by atoms with Crippen molar-refractivity contribution in [2.24, 2.45) is 0 Å². The monoisotopic (exact) mass is 447 g/mol. The summed E-state index contributed by atoms with van der Waals surface area (Å²) in [4.78, 5) is 7.70. The van der Waals surface area contributed by atoms with E-state index in [1.807, 2.05) is 0 Å². The molecule has 2 aromatic carbocycles. The summed E-state index contributed by atoms with van der Waals surface area (Å²) in [5, 5.41) is 0. The van der Waals surface area contributed by atoms with Gasteiger partial charge in [-0.2, -0.15) is 0 Å². The van der Waals surface area contributed by atoms with Crippen LogP contribution in [0.3, 0.4) is 0 Å². The molecule has 2 heterocycles. The van der Waals surface area contributed by atoms with E-state index in [0.717, 1.165) is 44.7 Å². The van der Waals surface area contributed by atoms with Gasteiger partial charge in [0.1, 0.15) is 5.82 Å². The van der Waals surface area contributed by atoms with Crippen molar-refractivity contribution in [3.05, 3.63) is 65.5 Å². The van der Waals surface area contributed by atoms with Gasteiger partial charge < -0.3 is 14.2 Å². The van der Waals surface area contributed by atoms with Crippen molar-refractivity contribution in [1.82, 2.24) is 14.5 Å². The average Bonchev–Trinajstić information content (AvgIpc) is 3.16. The fourth-order valence-corrected chi connectivity index (χ4v) is 4.89. The minimum absolute atomic E-state index is 0.220. The Hall–Kier alpha value is -2.17. The molecule has 33 heavy (non-hydrogen) atoms. The lowest BCUT2D eigenvalue weighted by molar-refractivity contribution is 0.0724. The lowest BCUT2D eigenvalue weighted by Gasteiger charge is -2.32. The number of para-hydroxylation sites is 2. The maximum absolute atomic E-state index is 5.87. The standard InChI is InChI=1S/C29H41N3O/c1-22(2)33-21-20-32-27-9-7-6-8-26(27)30-28(32)24-15-18-31(19-16-24)17-14-23-10-12-25(13-11-23)29(3,4)5/h6-13,22,24H,14-21H2,1-5H3. The fourth-order valence-electron chi connectivity index (χ4n) is 4.89. The highest BCUT2D eigenvalue weighted by Gasteiger charge is 2.25. The third-order valence-corrected chi connectivity index (χ3v) is 6.94. The second kappa shape index (κ2) is 10.4. The van der Waals surface area contributed by atoms with E-state index in [2.05, 4.69) is 92.6 Å². The minimum atomic E-state index is 0.220. The molecular weight excluding hydrogens is 406 g/mol. The van der Waals surface area contributed by atoms with E-state index >= 15 is 0 Å². The summed E-state index contributed by atoms with van der Waals surface area (Å²) >= 11 is 0. The van der Waals surface area contributed by atoms with Crippen LogP contribution in [-0.2, 0) is 23.1 Å². The van der Waals surface area contributed by atoms with Crippen molar-refractivity contribution >= 4 is 11.0 Å². The Morgan fingerprint density at radius 1 is 0.970 bits per heavy atom. The van der Waals surface area contributed by atoms with Gasteiger partial charge in [0, 0.05) is 19.0 Å². The molecule has 0 aliphatic carbocycles. The third-order valence-electron chi connectivity index (χ3n) is 6.94. The molecular formula is C29H41N3O. The lowest BCUT2D eigenvalue weighted by atomic mass is 9.86. The van der Waals surface area contributed by atoms with Crippen LogP contribution in [0.2, 0.25) is 0 Å². The summed E-state index contributed by atoms with van der Waals surface area (Å²) < 4.78 is 8.28. The topological polar surface area (TPSA) is 30.3 Å². The molecule has 0 saturated carbocycles. The number of nitrogens with zero attached hydrogens (tertiary/aromatic N) is 3.